The summed E-state index contributed by atoms with van der Waals surface area (Å²) in [4.78, 5) is 0. The third-order valence-corrected chi connectivity index (χ3v) is 2.43. The van der Waals surface area contributed by atoms with Gasteiger partial charge in [0.1, 0.15) is 0 Å². The molecule has 1 unspecified atom stereocenters. The van der Waals surface area contributed by atoms with Crippen molar-refractivity contribution in [3.05, 3.63) is 0 Å². The van der Waals surface area contributed by atoms with Gasteiger partial charge in [0.05, 0.1) is 0 Å². The number of nitrogens with two attached hydrogens (primary N) is 1. The Labute approximate surface area is 58.8 Å². The van der Waals surface area contributed by atoms with Gasteiger partial charge in [0.25, 0.3) is 0 Å². The minimum atomic E-state index is 0.811. The second-order valence-corrected chi connectivity index (χ2v) is 2.72. The maximum atomic E-state index is 5.30. The quantitative estimate of drug-likeness (QED) is 0.556. The Hall–Kier alpha value is 0.690. The Balaban J connectivity index is 2.83. The molecule has 1 atom stereocenters. The van der Waals surface area contributed by atoms with Crippen molar-refractivity contribution in [2.45, 2.75) is 13.3 Å². The number of hydrogen-bond donors (Lipinski definition) is 1. The van der Waals surface area contributed by atoms with Crippen LogP contribution in [0.4, 0.5) is 0 Å². The molecule has 0 aliphatic heterocycles. The van der Waals surface area contributed by atoms with Gasteiger partial charge in [-0.2, -0.15) is 0 Å². The molecule has 0 spiro atoms. The van der Waals surface area contributed by atoms with Crippen LogP contribution in [-0.2, 0) is 0 Å². The van der Waals surface area contributed by atoms with E-state index in [4.69, 9.17) is 5.73 Å². The van der Waals surface area contributed by atoms with Crippen LogP contribution >= 0.6 is 22.6 Å². The molecule has 0 aromatic carbocycles. The lowest BCUT2D eigenvalue weighted by Crippen LogP contribution is -2.05. The molecule has 0 saturated heterocycles. The molecule has 0 radical (unpaired) electrons. The van der Waals surface area contributed by atoms with Crippen molar-refractivity contribution >= 4 is 22.6 Å². The van der Waals surface area contributed by atoms with E-state index in [0.717, 1.165) is 12.5 Å². The highest BCUT2D eigenvalue weighted by atomic mass is 127. The Morgan fingerprint density at radius 3 is 2.43 bits per heavy atom. The molecule has 0 aliphatic carbocycles. The average Bonchev–Trinajstić information content (AvgIpc) is 1.68. The fourth-order valence-electron chi connectivity index (χ4n) is 0.362. The van der Waals surface area contributed by atoms with Gasteiger partial charge in [-0.25, -0.2) is 0 Å². The van der Waals surface area contributed by atoms with Crippen LogP contribution in [-0.4, -0.2) is 11.0 Å². The molecule has 7 heavy (non-hydrogen) atoms. The zero-order valence-corrected chi connectivity index (χ0v) is 6.81. The Morgan fingerprint density at radius 1 is 1.71 bits per heavy atom. The van der Waals surface area contributed by atoms with Gasteiger partial charge in [0.15, 0.2) is 0 Å². The summed E-state index contributed by atoms with van der Waals surface area (Å²) in [5.74, 6) is 0.811. The van der Waals surface area contributed by atoms with Gasteiger partial charge in [-0.1, -0.05) is 29.5 Å². The normalized spacial score (nSPS) is 14.1. The van der Waals surface area contributed by atoms with Crippen molar-refractivity contribution in [3.8, 4) is 0 Å². The molecule has 0 rings (SSSR count). The highest BCUT2D eigenvalue weighted by molar-refractivity contribution is 14.1. The number of hydrogen-bond acceptors (Lipinski definition) is 1. The van der Waals surface area contributed by atoms with Gasteiger partial charge in [-0.05, 0) is 18.9 Å². The van der Waals surface area contributed by atoms with Gasteiger partial charge >= 0.3 is 0 Å². The van der Waals surface area contributed by atoms with Crippen molar-refractivity contribution in [1.29, 1.82) is 0 Å². The van der Waals surface area contributed by atoms with Gasteiger partial charge in [0, 0.05) is 4.43 Å². The third-order valence-electron chi connectivity index (χ3n) is 0.923. The summed E-state index contributed by atoms with van der Waals surface area (Å²) < 4.78 is 1.23. The Kier molecular flexibility index (Phi) is 5.32. The van der Waals surface area contributed by atoms with Gasteiger partial charge in [-0.15, -0.1) is 0 Å². The van der Waals surface area contributed by atoms with Crippen LogP contribution in [0.5, 0.6) is 0 Å². The zero-order valence-electron chi connectivity index (χ0n) is 4.65. The van der Waals surface area contributed by atoms with Crippen molar-refractivity contribution in [2.75, 3.05) is 11.0 Å². The second kappa shape index (κ2) is 4.84. The van der Waals surface area contributed by atoms with Crippen LogP contribution in [0.1, 0.15) is 13.3 Å². The molecule has 44 valence electrons. The zero-order chi connectivity index (χ0) is 5.70. The number of halogens is 1. The number of alkyl halides is 1. The van der Waals surface area contributed by atoms with E-state index in [1.54, 1.807) is 0 Å². The van der Waals surface area contributed by atoms with E-state index >= 15 is 0 Å². The summed E-state index contributed by atoms with van der Waals surface area (Å²) in [7, 11) is 0. The van der Waals surface area contributed by atoms with E-state index in [0.29, 0.717) is 0 Å². The third kappa shape index (κ3) is 4.55. The van der Waals surface area contributed by atoms with E-state index in [1.165, 1.54) is 10.8 Å². The molecule has 0 amide bonds. The van der Waals surface area contributed by atoms with Crippen LogP contribution in [0, 0.1) is 5.92 Å². The number of rotatable bonds is 3. The van der Waals surface area contributed by atoms with E-state index in [-0.39, 0.29) is 0 Å². The standard InChI is InChI=1S/C5H12IN/c1-5(4-6)2-3-7/h5H,2-4,7H2,1H3. The predicted molar refractivity (Wildman–Crippen MR) is 41.7 cm³/mol. The van der Waals surface area contributed by atoms with Crippen LogP contribution in [0.25, 0.3) is 0 Å². The van der Waals surface area contributed by atoms with E-state index in [2.05, 4.69) is 29.5 Å². The first-order chi connectivity index (χ1) is 3.31. The Morgan fingerprint density at radius 2 is 2.29 bits per heavy atom. The average molecular weight is 213 g/mol. The molecule has 0 bridgehead atoms. The largest absolute Gasteiger partial charge is 0.330 e. The minimum absolute atomic E-state index is 0.811. The minimum Gasteiger partial charge on any atom is -0.330 e. The predicted octanol–water partition coefficient (Wildman–Crippen LogP) is 1.41. The molecule has 0 aliphatic rings. The topological polar surface area (TPSA) is 26.0 Å². The molecule has 0 heterocycles. The van der Waals surface area contributed by atoms with Crippen molar-refractivity contribution in [2.24, 2.45) is 11.7 Å². The highest BCUT2D eigenvalue weighted by Crippen LogP contribution is 2.02. The van der Waals surface area contributed by atoms with Gasteiger partial charge < -0.3 is 5.73 Å². The summed E-state index contributed by atoms with van der Waals surface area (Å²) in [5.41, 5.74) is 5.30. The molecule has 0 saturated carbocycles. The second-order valence-electron chi connectivity index (χ2n) is 1.84. The highest BCUT2D eigenvalue weighted by Gasteiger charge is 1.94. The molecular weight excluding hydrogens is 201 g/mol. The van der Waals surface area contributed by atoms with Crippen molar-refractivity contribution < 1.29 is 0 Å². The first-order valence-electron chi connectivity index (χ1n) is 2.57. The summed E-state index contributed by atoms with van der Waals surface area (Å²) >= 11 is 2.38. The van der Waals surface area contributed by atoms with Crippen molar-refractivity contribution in [1.82, 2.24) is 0 Å². The lowest BCUT2D eigenvalue weighted by molar-refractivity contribution is 0.614. The first-order valence-corrected chi connectivity index (χ1v) is 4.09. The van der Waals surface area contributed by atoms with Crippen LogP contribution in [0.15, 0.2) is 0 Å². The lowest BCUT2D eigenvalue weighted by atomic mass is 10.1. The van der Waals surface area contributed by atoms with Crippen LogP contribution in [0.2, 0.25) is 0 Å². The van der Waals surface area contributed by atoms with Crippen LogP contribution in [0.3, 0.4) is 0 Å². The molecule has 0 aromatic heterocycles. The van der Waals surface area contributed by atoms with E-state index in [1.807, 2.05) is 0 Å². The maximum absolute atomic E-state index is 5.30. The molecule has 2 heteroatoms. The first kappa shape index (κ1) is 7.69. The molecule has 0 aromatic rings. The maximum Gasteiger partial charge on any atom is 0.00215 e. The fourth-order valence-corrected chi connectivity index (χ4v) is 0.802. The van der Waals surface area contributed by atoms with E-state index in [9.17, 15) is 0 Å². The molecule has 2 N–H and O–H groups in total. The van der Waals surface area contributed by atoms with E-state index < -0.39 is 0 Å². The summed E-state index contributed by atoms with van der Waals surface area (Å²) in [6.45, 7) is 3.06. The SMILES string of the molecule is CC(CI)CCN. The molecular formula is C5H12IN. The van der Waals surface area contributed by atoms with Crippen LogP contribution < -0.4 is 5.73 Å². The molecule has 1 nitrogen and oxygen atoms in total. The summed E-state index contributed by atoms with van der Waals surface area (Å²) in [6.07, 6.45) is 1.17. The Bertz CT molecular complexity index is 39.1. The lowest BCUT2D eigenvalue weighted by Gasteiger charge is -2.01. The molecule has 0 fully saturated rings. The smallest absolute Gasteiger partial charge is 0.00215 e. The monoisotopic (exact) mass is 213 g/mol. The van der Waals surface area contributed by atoms with Gasteiger partial charge in [0.2, 0.25) is 0 Å². The summed E-state index contributed by atoms with van der Waals surface area (Å²) in [5, 5.41) is 0. The van der Waals surface area contributed by atoms with Crippen molar-refractivity contribution in [3.63, 3.8) is 0 Å². The fraction of sp³-hybridized carbons (Fsp3) is 1.00. The summed E-state index contributed by atoms with van der Waals surface area (Å²) in [6, 6.07) is 0. The van der Waals surface area contributed by atoms with Gasteiger partial charge in [-0.3, -0.25) is 0 Å².